The molecule has 0 fully saturated rings. The highest BCUT2D eigenvalue weighted by atomic mass is 35.5. The van der Waals surface area contributed by atoms with Gasteiger partial charge in [0.2, 0.25) is 0 Å². The number of rotatable bonds is 5. The second-order valence-corrected chi connectivity index (χ2v) is 7.14. The molecule has 6 heteroatoms. The Balaban J connectivity index is 1.55. The average molecular weight is 376 g/mol. The maximum absolute atomic E-state index is 12.6. The van der Waals surface area contributed by atoms with Gasteiger partial charge in [-0.2, -0.15) is 0 Å². The number of hydrogen-bond acceptors (Lipinski definition) is 4. The summed E-state index contributed by atoms with van der Waals surface area (Å²) in [5.74, 6) is -0.517. The maximum Gasteiger partial charge on any atom is 0.317 e. The van der Waals surface area contributed by atoms with Crippen molar-refractivity contribution in [2.45, 2.75) is 24.3 Å². The van der Waals surface area contributed by atoms with Crippen molar-refractivity contribution in [3.8, 4) is 0 Å². The zero-order valence-electron chi connectivity index (χ0n) is 13.8. The van der Waals surface area contributed by atoms with Crippen molar-refractivity contribution in [1.29, 1.82) is 0 Å². The molecule has 2 aromatic rings. The summed E-state index contributed by atoms with van der Waals surface area (Å²) in [6.07, 6.45) is 0.00999. The third-order valence-electron chi connectivity index (χ3n) is 3.99. The molecule has 4 nitrogen and oxygen atoms in total. The Kier molecular flexibility index (Phi) is 5.66. The van der Waals surface area contributed by atoms with Crippen LogP contribution in [0.5, 0.6) is 0 Å². The molecule has 25 heavy (non-hydrogen) atoms. The Morgan fingerprint density at radius 2 is 1.92 bits per heavy atom. The van der Waals surface area contributed by atoms with E-state index < -0.39 is 12.1 Å². The van der Waals surface area contributed by atoms with Crippen LogP contribution in [0.1, 0.15) is 12.5 Å². The molecule has 0 aliphatic carbocycles. The molecule has 1 unspecified atom stereocenters. The smallest absolute Gasteiger partial charge is 0.317 e. The van der Waals surface area contributed by atoms with Crippen molar-refractivity contribution in [3.05, 3.63) is 59.1 Å². The van der Waals surface area contributed by atoms with E-state index in [0.717, 1.165) is 22.6 Å². The number of hydrogen-bond donors (Lipinski definition) is 0. The number of anilines is 1. The molecule has 1 aliphatic heterocycles. The molecule has 3 rings (SSSR count). The molecule has 1 heterocycles. The number of carbonyl (C=O) groups excluding carboxylic acids is 2. The number of halogens is 1. The summed E-state index contributed by atoms with van der Waals surface area (Å²) in [7, 11) is 0. The van der Waals surface area contributed by atoms with Crippen LogP contribution in [0.2, 0.25) is 5.02 Å². The van der Waals surface area contributed by atoms with Crippen molar-refractivity contribution in [2.75, 3.05) is 17.2 Å². The van der Waals surface area contributed by atoms with Gasteiger partial charge in [0.1, 0.15) is 0 Å². The van der Waals surface area contributed by atoms with Crippen molar-refractivity contribution < 1.29 is 14.3 Å². The van der Waals surface area contributed by atoms with Crippen molar-refractivity contribution in [1.82, 2.24) is 0 Å². The van der Waals surface area contributed by atoms with E-state index in [1.54, 1.807) is 17.9 Å². The van der Waals surface area contributed by atoms with Gasteiger partial charge in [0.25, 0.3) is 5.91 Å². The van der Waals surface area contributed by atoms with E-state index in [0.29, 0.717) is 11.6 Å². The van der Waals surface area contributed by atoms with Gasteiger partial charge < -0.3 is 9.64 Å². The standard InChI is InChI=1S/C19H18ClNO3S/c1-13(19(23)21-11-10-14-6-2-4-8-16(14)21)24-18(22)12-25-17-9-5-3-7-15(17)20/h2-9,13H,10-12H2,1H3. The molecular weight excluding hydrogens is 358 g/mol. The number of esters is 1. The topological polar surface area (TPSA) is 46.6 Å². The molecule has 0 saturated heterocycles. The molecule has 0 N–H and O–H groups in total. The quantitative estimate of drug-likeness (QED) is 0.586. The van der Waals surface area contributed by atoms with Gasteiger partial charge in [0, 0.05) is 17.1 Å². The summed E-state index contributed by atoms with van der Waals surface area (Å²) >= 11 is 7.36. The van der Waals surface area contributed by atoms with E-state index in [1.165, 1.54) is 11.8 Å². The zero-order chi connectivity index (χ0) is 17.8. The van der Waals surface area contributed by atoms with Crippen molar-refractivity contribution >= 4 is 40.9 Å². The molecule has 0 bridgehead atoms. The Morgan fingerprint density at radius 3 is 2.72 bits per heavy atom. The fourth-order valence-electron chi connectivity index (χ4n) is 2.77. The number of nitrogens with zero attached hydrogens (tertiary/aromatic N) is 1. The molecule has 1 amide bonds. The zero-order valence-corrected chi connectivity index (χ0v) is 15.3. The van der Waals surface area contributed by atoms with E-state index in [4.69, 9.17) is 16.3 Å². The molecule has 1 aliphatic rings. The van der Waals surface area contributed by atoms with Crippen LogP contribution in [0, 0.1) is 0 Å². The van der Waals surface area contributed by atoms with E-state index >= 15 is 0 Å². The van der Waals surface area contributed by atoms with Crippen LogP contribution in [-0.4, -0.2) is 30.3 Å². The van der Waals surface area contributed by atoms with Gasteiger partial charge in [-0.25, -0.2) is 0 Å². The fraction of sp³-hybridized carbons (Fsp3) is 0.263. The fourth-order valence-corrected chi connectivity index (χ4v) is 3.79. The Morgan fingerprint density at radius 1 is 1.20 bits per heavy atom. The van der Waals surface area contributed by atoms with E-state index in [1.807, 2.05) is 42.5 Å². The number of ether oxygens (including phenoxy) is 1. The minimum atomic E-state index is -0.814. The van der Waals surface area contributed by atoms with Gasteiger partial charge in [-0.15, -0.1) is 11.8 Å². The molecule has 0 spiro atoms. The lowest BCUT2D eigenvalue weighted by molar-refractivity contribution is -0.151. The van der Waals surface area contributed by atoms with Crippen molar-refractivity contribution in [2.24, 2.45) is 0 Å². The van der Waals surface area contributed by atoms with Crippen LogP contribution >= 0.6 is 23.4 Å². The van der Waals surface area contributed by atoms with Crippen LogP contribution in [0.25, 0.3) is 0 Å². The van der Waals surface area contributed by atoms with Gasteiger partial charge >= 0.3 is 5.97 Å². The first-order valence-electron chi connectivity index (χ1n) is 8.02. The Hall–Kier alpha value is -1.98. The minimum Gasteiger partial charge on any atom is -0.452 e. The van der Waals surface area contributed by atoms with Gasteiger partial charge in [-0.3, -0.25) is 9.59 Å². The van der Waals surface area contributed by atoms with Crippen LogP contribution < -0.4 is 4.90 Å². The molecule has 130 valence electrons. The number of benzene rings is 2. The first-order chi connectivity index (χ1) is 12.1. The largest absolute Gasteiger partial charge is 0.452 e. The molecule has 1 atom stereocenters. The first kappa shape index (κ1) is 17.8. The van der Waals surface area contributed by atoms with Crippen LogP contribution in [0.4, 0.5) is 5.69 Å². The molecule has 2 aromatic carbocycles. The first-order valence-corrected chi connectivity index (χ1v) is 9.38. The summed E-state index contributed by atoms with van der Waals surface area (Å²) in [5, 5.41) is 0.595. The molecular formula is C19H18ClNO3S. The van der Waals surface area contributed by atoms with Crippen molar-refractivity contribution in [3.63, 3.8) is 0 Å². The molecule has 0 aromatic heterocycles. The minimum absolute atomic E-state index is 0.109. The predicted octanol–water partition coefficient (Wildman–Crippen LogP) is 3.95. The highest BCUT2D eigenvalue weighted by Crippen LogP contribution is 2.29. The van der Waals surface area contributed by atoms with Gasteiger partial charge in [0.05, 0.1) is 10.8 Å². The lowest BCUT2D eigenvalue weighted by Crippen LogP contribution is -2.39. The summed E-state index contributed by atoms with van der Waals surface area (Å²) < 4.78 is 5.31. The molecule has 0 saturated carbocycles. The second kappa shape index (κ2) is 7.93. The van der Waals surface area contributed by atoms with Gasteiger partial charge in [-0.1, -0.05) is 41.9 Å². The van der Waals surface area contributed by atoms with Crippen LogP contribution in [0.3, 0.4) is 0 Å². The summed E-state index contributed by atoms with van der Waals surface area (Å²) in [6.45, 7) is 2.23. The van der Waals surface area contributed by atoms with Gasteiger partial charge in [-0.05, 0) is 37.1 Å². The summed E-state index contributed by atoms with van der Waals surface area (Å²) in [4.78, 5) is 27.1. The number of amides is 1. The Bertz CT molecular complexity index is 796. The normalized spacial score (nSPS) is 14.1. The highest BCUT2D eigenvalue weighted by Gasteiger charge is 2.29. The van der Waals surface area contributed by atoms with E-state index in [2.05, 4.69) is 0 Å². The van der Waals surface area contributed by atoms with E-state index in [9.17, 15) is 9.59 Å². The monoisotopic (exact) mass is 375 g/mol. The SMILES string of the molecule is CC(OC(=O)CSc1ccccc1Cl)C(=O)N1CCc2ccccc21. The number of para-hydroxylation sites is 1. The van der Waals surface area contributed by atoms with Crippen LogP contribution in [-0.2, 0) is 20.7 Å². The van der Waals surface area contributed by atoms with E-state index in [-0.39, 0.29) is 11.7 Å². The predicted molar refractivity (Wildman–Crippen MR) is 100 cm³/mol. The third kappa shape index (κ3) is 4.17. The molecule has 0 radical (unpaired) electrons. The second-order valence-electron chi connectivity index (χ2n) is 5.72. The Labute approximate surface area is 156 Å². The lowest BCUT2D eigenvalue weighted by Gasteiger charge is -2.21. The van der Waals surface area contributed by atoms with Gasteiger partial charge in [0.15, 0.2) is 6.10 Å². The summed E-state index contributed by atoms with van der Waals surface area (Å²) in [5.41, 5.74) is 2.05. The maximum atomic E-state index is 12.6. The number of fused-ring (bicyclic) bond motifs is 1. The average Bonchev–Trinajstić information content (AvgIpc) is 3.04. The lowest BCUT2D eigenvalue weighted by atomic mass is 10.2. The summed E-state index contributed by atoms with van der Waals surface area (Å²) in [6, 6.07) is 15.1. The van der Waals surface area contributed by atoms with Crippen LogP contribution in [0.15, 0.2) is 53.4 Å². The third-order valence-corrected chi connectivity index (χ3v) is 5.48. The number of carbonyl (C=O) groups is 2. The highest BCUT2D eigenvalue weighted by molar-refractivity contribution is 8.00. The number of thioether (sulfide) groups is 1.